The largest absolute Gasteiger partial charge is 0.379 e. The summed E-state index contributed by atoms with van der Waals surface area (Å²) in [6.07, 6.45) is 1.88. The van der Waals surface area contributed by atoms with Gasteiger partial charge in [-0.3, -0.25) is 5.43 Å². The SMILES string of the molecule is c1ccn2nc(NN3CCOCC3)nc2c1. The first-order valence-corrected chi connectivity index (χ1v) is 5.32. The lowest BCUT2D eigenvalue weighted by atomic mass is 10.5. The second-order valence-corrected chi connectivity index (χ2v) is 3.65. The number of ether oxygens (including phenoxy) is 1. The summed E-state index contributed by atoms with van der Waals surface area (Å²) >= 11 is 0. The van der Waals surface area contributed by atoms with Gasteiger partial charge >= 0.3 is 0 Å². The molecule has 1 N–H and O–H groups in total. The third kappa shape index (κ3) is 1.84. The smallest absolute Gasteiger partial charge is 0.257 e. The van der Waals surface area contributed by atoms with Gasteiger partial charge in [-0.15, -0.1) is 5.10 Å². The molecule has 0 aliphatic carbocycles. The maximum atomic E-state index is 5.27. The van der Waals surface area contributed by atoms with Crippen LogP contribution in [0.3, 0.4) is 0 Å². The maximum absolute atomic E-state index is 5.27. The highest BCUT2D eigenvalue weighted by atomic mass is 16.5. The Hall–Kier alpha value is -1.66. The van der Waals surface area contributed by atoms with Crippen molar-refractivity contribution in [2.24, 2.45) is 0 Å². The van der Waals surface area contributed by atoms with E-state index in [1.165, 1.54) is 0 Å². The molecule has 2 aromatic heterocycles. The van der Waals surface area contributed by atoms with Crippen LogP contribution in [0.15, 0.2) is 24.4 Å². The van der Waals surface area contributed by atoms with E-state index in [1.54, 1.807) is 4.52 Å². The number of anilines is 1. The second-order valence-electron chi connectivity index (χ2n) is 3.65. The lowest BCUT2D eigenvalue weighted by molar-refractivity contribution is 0.0493. The molecule has 1 aliphatic rings. The number of nitrogens with zero attached hydrogens (tertiary/aromatic N) is 4. The molecule has 3 heterocycles. The minimum atomic E-state index is 0.633. The van der Waals surface area contributed by atoms with Gasteiger partial charge < -0.3 is 4.74 Å². The van der Waals surface area contributed by atoms with Crippen molar-refractivity contribution in [3.63, 3.8) is 0 Å². The zero-order valence-corrected chi connectivity index (χ0v) is 8.83. The van der Waals surface area contributed by atoms with Gasteiger partial charge in [-0.05, 0) is 12.1 Å². The van der Waals surface area contributed by atoms with Crippen LogP contribution in [0.4, 0.5) is 5.95 Å². The van der Waals surface area contributed by atoms with E-state index >= 15 is 0 Å². The molecule has 1 fully saturated rings. The molecular weight excluding hydrogens is 206 g/mol. The van der Waals surface area contributed by atoms with E-state index in [2.05, 4.69) is 20.5 Å². The highest BCUT2D eigenvalue weighted by Gasteiger charge is 2.12. The monoisotopic (exact) mass is 219 g/mol. The molecule has 0 saturated carbocycles. The Labute approximate surface area is 92.8 Å². The van der Waals surface area contributed by atoms with Crippen LogP contribution in [0.2, 0.25) is 0 Å². The normalized spacial score (nSPS) is 17.8. The number of morpholine rings is 1. The van der Waals surface area contributed by atoms with Crippen molar-refractivity contribution in [1.82, 2.24) is 19.6 Å². The van der Waals surface area contributed by atoms with Crippen molar-refractivity contribution in [1.29, 1.82) is 0 Å². The highest BCUT2D eigenvalue weighted by molar-refractivity contribution is 5.42. The molecule has 0 atom stereocenters. The molecule has 3 rings (SSSR count). The zero-order chi connectivity index (χ0) is 10.8. The summed E-state index contributed by atoms with van der Waals surface area (Å²) in [5.41, 5.74) is 4.03. The van der Waals surface area contributed by atoms with Gasteiger partial charge in [0.1, 0.15) is 0 Å². The van der Waals surface area contributed by atoms with Crippen molar-refractivity contribution in [2.45, 2.75) is 0 Å². The molecule has 1 aliphatic heterocycles. The molecule has 6 nitrogen and oxygen atoms in total. The highest BCUT2D eigenvalue weighted by Crippen LogP contribution is 2.06. The van der Waals surface area contributed by atoms with Gasteiger partial charge in [-0.1, -0.05) is 6.07 Å². The van der Waals surface area contributed by atoms with Crippen molar-refractivity contribution in [2.75, 3.05) is 31.7 Å². The van der Waals surface area contributed by atoms with Gasteiger partial charge in [0.15, 0.2) is 5.65 Å². The average molecular weight is 219 g/mol. The Morgan fingerprint density at radius 3 is 2.94 bits per heavy atom. The van der Waals surface area contributed by atoms with E-state index in [9.17, 15) is 0 Å². The molecule has 0 bridgehead atoms. The van der Waals surface area contributed by atoms with Crippen LogP contribution in [0, 0.1) is 0 Å². The van der Waals surface area contributed by atoms with Gasteiger partial charge in [-0.2, -0.15) is 4.98 Å². The van der Waals surface area contributed by atoms with Gasteiger partial charge in [0.25, 0.3) is 5.95 Å². The summed E-state index contributed by atoms with van der Waals surface area (Å²) in [6, 6.07) is 5.81. The van der Waals surface area contributed by atoms with Gasteiger partial charge in [0.2, 0.25) is 0 Å². The summed E-state index contributed by atoms with van der Waals surface area (Å²) in [4.78, 5) is 4.37. The van der Waals surface area contributed by atoms with Gasteiger partial charge in [-0.25, -0.2) is 9.52 Å². The molecule has 1 saturated heterocycles. The van der Waals surface area contributed by atoms with Crippen LogP contribution < -0.4 is 5.43 Å². The Balaban J connectivity index is 1.78. The molecule has 0 amide bonds. The van der Waals surface area contributed by atoms with Crippen molar-refractivity contribution >= 4 is 11.6 Å². The first kappa shape index (κ1) is 9.56. The number of rotatable bonds is 2. The lowest BCUT2D eigenvalue weighted by Gasteiger charge is -2.26. The topological polar surface area (TPSA) is 54.7 Å². The van der Waals surface area contributed by atoms with Crippen LogP contribution in [-0.4, -0.2) is 45.9 Å². The number of hydrazine groups is 1. The number of pyridine rings is 1. The van der Waals surface area contributed by atoms with E-state index < -0.39 is 0 Å². The van der Waals surface area contributed by atoms with E-state index in [1.807, 2.05) is 24.4 Å². The average Bonchev–Trinajstić information content (AvgIpc) is 2.72. The van der Waals surface area contributed by atoms with Crippen molar-refractivity contribution in [3.8, 4) is 0 Å². The van der Waals surface area contributed by atoms with Crippen molar-refractivity contribution in [3.05, 3.63) is 24.4 Å². The first-order chi connectivity index (χ1) is 7.92. The number of hydrogen-bond donors (Lipinski definition) is 1. The van der Waals surface area contributed by atoms with E-state index in [0.717, 1.165) is 32.0 Å². The Morgan fingerprint density at radius 1 is 1.25 bits per heavy atom. The fraction of sp³-hybridized carbons (Fsp3) is 0.400. The number of hydrogen-bond acceptors (Lipinski definition) is 5. The summed E-state index contributed by atoms with van der Waals surface area (Å²) in [5, 5.41) is 6.39. The summed E-state index contributed by atoms with van der Waals surface area (Å²) in [7, 11) is 0. The predicted octanol–water partition coefficient (Wildman–Crippen LogP) is 0.388. The molecule has 2 aromatic rings. The van der Waals surface area contributed by atoms with Crippen molar-refractivity contribution < 1.29 is 4.74 Å². The van der Waals surface area contributed by atoms with E-state index in [-0.39, 0.29) is 0 Å². The number of fused-ring (bicyclic) bond motifs is 1. The summed E-state index contributed by atoms with van der Waals surface area (Å²) < 4.78 is 7.02. The molecule has 0 spiro atoms. The maximum Gasteiger partial charge on any atom is 0.257 e. The lowest BCUT2D eigenvalue weighted by Crippen LogP contribution is -2.40. The quantitative estimate of drug-likeness (QED) is 0.791. The van der Waals surface area contributed by atoms with Crippen LogP contribution in [-0.2, 0) is 4.74 Å². The second kappa shape index (κ2) is 4.07. The molecule has 0 radical (unpaired) electrons. The number of nitrogens with one attached hydrogen (secondary N) is 1. The first-order valence-electron chi connectivity index (χ1n) is 5.32. The summed E-state index contributed by atoms with van der Waals surface area (Å²) in [6.45, 7) is 3.21. The minimum absolute atomic E-state index is 0.633. The molecule has 16 heavy (non-hydrogen) atoms. The van der Waals surface area contributed by atoms with Gasteiger partial charge in [0, 0.05) is 19.3 Å². The van der Waals surface area contributed by atoms with Crippen LogP contribution in [0.5, 0.6) is 0 Å². The molecule has 0 unspecified atom stereocenters. The molecule has 0 aromatic carbocycles. The fourth-order valence-electron chi connectivity index (χ4n) is 1.70. The Morgan fingerprint density at radius 2 is 2.12 bits per heavy atom. The third-order valence-electron chi connectivity index (χ3n) is 2.51. The fourth-order valence-corrected chi connectivity index (χ4v) is 1.70. The van der Waals surface area contributed by atoms with Crippen LogP contribution in [0.25, 0.3) is 5.65 Å². The van der Waals surface area contributed by atoms with E-state index in [4.69, 9.17) is 4.74 Å². The minimum Gasteiger partial charge on any atom is -0.379 e. The van der Waals surface area contributed by atoms with Gasteiger partial charge in [0.05, 0.1) is 13.2 Å². The third-order valence-corrected chi connectivity index (χ3v) is 2.51. The van der Waals surface area contributed by atoms with Crippen LogP contribution in [0.1, 0.15) is 0 Å². The Kier molecular flexibility index (Phi) is 2.43. The molecular formula is C10H13N5O. The summed E-state index contributed by atoms with van der Waals surface area (Å²) in [5.74, 6) is 0.633. The van der Waals surface area contributed by atoms with E-state index in [0.29, 0.717) is 5.95 Å². The predicted molar refractivity (Wildman–Crippen MR) is 59.0 cm³/mol. The Bertz CT molecular complexity index is 444. The number of aromatic nitrogens is 3. The molecule has 84 valence electrons. The standard InChI is InChI=1S/C10H13N5O/c1-2-4-15-9(3-1)11-10(13-15)12-14-5-7-16-8-6-14/h1-4H,5-8H2,(H,12,13). The zero-order valence-electron chi connectivity index (χ0n) is 8.83. The van der Waals surface area contributed by atoms with Crippen LogP contribution >= 0.6 is 0 Å². The molecule has 6 heteroatoms.